The topological polar surface area (TPSA) is 80.7 Å². The van der Waals surface area contributed by atoms with Crippen LogP contribution in [0.25, 0.3) is 0 Å². The predicted molar refractivity (Wildman–Crippen MR) is 85.3 cm³/mol. The van der Waals surface area contributed by atoms with E-state index in [0.29, 0.717) is 0 Å². The molecule has 9 heteroatoms. The quantitative estimate of drug-likeness (QED) is 0.797. The summed E-state index contributed by atoms with van der Waals surface area (Å²) in [6, 6.07) is 2.54. The molecule has 144 valence electrons. The van der Waals surface area contributed by atoms with Crippen LogP contribution in [0.4, 0.5) is 13.2 Å². The molecule has 0 radical (unpaired) electrons. The minimum absolute atomic E-state index is 0.00201. The molecule has 26 heavy (non-hydrogen) atoms. The van der Waals surface area contributed by atoms with Crippen LogP contribution >= 0.6 is 0 Å². The number of fused-ring (bicyclic) bond motifs is 1. The molecule has 0 aliphatic heterocycles. The highest BCUT2D eigenvalue weighted by atomic mass is 32.2. The van der Waals surface area contributed by atoms with Crippen LogP contribution in [0.15, 0.2) is 17.0 Å². The van der Waals surface area contributed by atoms with Crippen molar-refractivity contribution >= 4 is 15.8 Å². The van der Waals surface area contributed by atoms with Gasteiger partial charge in [0.05, 0.1) is 11.0 Å². The highest BCUT2D eigenvalue weighted by molar-refractivity contribution is 7.90. The van der Waals surface area contributed by atoms with Crippen molar-refractivity contribution in [2.45, 2.75) is 55.4 Å². The average molecular weight is 392 g/mol. The Morgan fingerprint density at radius 1 is 1.35 bits per heavy atom. The smallest absolute Gasteiger partial charge is 0.303 e. The van der Waals surface area contributed by atoms with Crippen LogP contribution in [0.5, 0.6) is 0 Å². The lowest BCUT2D eigenvalue weighted by Gasteiger charge is -2.38. The van der Waals surface area contributed by atoms with Crippen molar-refractivity contribution in [3.8, 4) is 0 Å². The number of esters is 1. The van der Waals surface area contributed by atoms with Gasteiger partial charge < -0.3 is 9.84 Å². The normalized spacial score (nSPS) is 26.1. The SMILES string of the molecule is CC(=O)O[C@H]1c2c(S(C)(=O)=O)ccc([C@@H](O)C3CC(F)(F)C3)c2C[C@H]1F. The zero-order valence-electron chi connectivity index (χ0n) is 14.2. The molecule has 1 N–H and O–H groups in total. The maximum absolute atomic E-state index is 14.5. The number of carbonyl (C=O) groups excluding carboxylic acids is 1. The van der Waals surface area contributed by atoms with Gasteiger partial charge in [-0.1, -0.05) is 6.07 Å². The zero-order valence-corrected chi connectivity index (χ0v) is 15.0. The van der Waals surface area contributed by atoms with Crippen molar-refractivity contribution in [3.05, 3.63) is 28.8 Å². The van der Waals surface area contributed by atoms with E-state index in [1.54, 1.807) is 0 Å². The first kappa shape index (κ1) is 19.2. The van der Waals surface area contributed by atoms with Crippen molar-refractivity contribution in [1.29, 1.82) is 0 Å². The van der Waals surface area contributed by atoms with Crippen LogP contribution in [0.3, 0.4) is 0 Å². The molecule has 5 nitrogen and oxygen atoms in total. The molecule has 1 saturated carbocycles. The van der Waals surface area contributed by atoms with Crippen molar-refractivity contribution in [2.24, 2.45) is 5.92 Å². The van der Waals surface area contributed by atoms with Gasteiger partial charge in [-0.15, -0.1) is 0 Å². The number of aliphatic hydroxyl groups excluding tert-OH is 1. The third-order valence-corrected chi connectivity index (χ3v) is 6.10. The molecule has 2 aliphatic carbocycles. The second-order valence-electron chi connectivity index (χ2n) is 7.04. The van der Waals surface area contributed by atoms with Gasteiger partial charge in [-0.25, -0.2) is 21.6 Å². The summed E-state index contributed by atoms with van der Waals surface area (Å²) in [7, 11) is -3.75. The second kappa shape index (κ2) is 6.23. The number of hydrogen-bond donors (Lipinski definition) is 1. The largest absolute Gasteiger partial charge is 0.454 e. The molecular formula is C17H19F3O5S. The lowest BCUT2D eigenvalue weighted by molar-refractivity contribution is -0.149. The summed E-state index contributed by atoms with van der Waals surface area (Å²) in [5.41, 5.74) is 0.428. The molecule has 1 fully saturated rings. The second-order valence-corrected chi connectivity index (χ2v) is 9.02. The van der Waals surface area contributed by atoms with Gasteiger partial charge in [0, 0.05) is 43.9 Å². The fourth-order valence-corrected chi connectivity index (χ4v) is 4.73. The van der Waals surface area contributed by atoms with E-state index in [2.05, 4.69) is 0 Å². The van der Waals surface area contributed by atoms with Crippen LogP contribution in [0, 0.1) is 5.92 Å². The molecule has 3 atom stereocenters. The molecule has 3 rings (SSSR count). The van der Waals surface area contributed by atoms with Crippen molar-refractivity contribution in [3.63, 3.8) is 0 Å². The summed E-state index contributed by atoms with van der Waals surface area (Å²) in [4.78, 5) is 11.1. The van der Waals surface area contributed by atoms with E-state index in [1.807, 2.05) is 0 Å². The summed E-state index contributed by atoms with van der Waals surface area (Å²) in [6.45, 7) is 1.08. The maximum atomic E-state index is 14.5. The monoisotopic (exact) mass is 392 g/mol. The van der Waals surface area contributed by atoms with Gasteiger partial charge in [0.2, 0.25) is 5.92 Å². The number of halogens is 3. The first-order chi connectivity index (χ1) is 11.9. The van der Waals surface area contributed by atoms with Gasteiger partial charge >= 0.3 is 5.97 Å². The van der Waals surface area contributed by atoms with Crippen LogP contribution < -0.4 is 0 Å². The summed E-state index contributed by atoms with van der Waals surface area (Å²) in [5.74, 6) is -4.29. The minimum atomic E-state index is -3.75. The molecule has 0 amide bonds. The predicted octanol–water partition coefficient (Wildman–Crippen LogP) is 2.67. The lowest BCUT2D eigenvalue weighted by Crippen LogP contribution is -2.39. The number of carbonyl (C=O) groups is 1. The summed E-state index contributed by atoms with van der Waals surface area (Å²) >= 11 is 0. The molecule has 0 unspecified atom stereocenters. The van der Waals surface area contributed by atoms with Crippen molar-refractivity contribution < 1.29 is 36.2 Å². The molecule has 1 aromatic carbocycles. The third kappa shape index (κ3) is 3.34. The number of hydrogen-bond acceptors (Lipinski definition) is 5. The Kier molecular flexibility index (Phi) is 4.59. The number of benzene rings is 1. The minimum Gasteiger partial charge on any atom is -0.454 e. The fraction of sp³-hybridized carbons (Fsp3) is 0.588. The van der Waals surface area contributed by atoms with Crippen molar-refractivity contribution in [1.82, 2.24) is 0 Å². The fourth-order valence-electron chi connectivity index (χ4n) is 3.78. The van der Waals surface area contributed by atoms with E-state index < -0.39 is 58.9 Å². The zero-order chi connectivity index (χ0) is 19.4. The van der Waals surface area contributed by atoms with Gasteiger partial charge in [0.25, 0.3) is 0 Å². The van der Waals surface area contributed by atoms with E-state index >= 15 is 0 Å². The molecule has 0 bridgehead atoms. The number of ether oxygens (including phenoxy) is 1. The van der Waals surface area contributed by atoms with Gasteiger partial charge in [-0.3, -0.25) is 4.79 Å². The summed E-state index contributed by atoms with van der Waals surface area (Å²) < 4.78 is 69.9. The third-order valence-electron chi connectivity index (χ3n) is 4.94. The highest BCUT2D eigenvalue weighted by Crippen LogP contribution is 2.51. The maximum Gasteiger partial charge on any atom is 0.303 e. The molecule has 0 heterocycles. The summed E-state index contributed by atoms with van der Waals surface area (Å²) in [5, 5.41) is 10.5. The van der Waals surface area contributed by atoms with E-state index in [4.69, 9.17) is 4.74 Å². The molecule has 1 aromatic rings. The van der Waals surface area contributed by atoms with Gasteiger partial charge in [-0.2, -0.15) is 0 Å². The Bertz CT molecular complexity index is 844. The molecule has 0 saturated heterocycles. The highest BCUT2D eigenvalue weighted by Gasteiger charge is 2.50. The Balaban J connectivity index is 2.08. The molecular weight excluding hydrogens is 373 g/mol. The molecule has 0 aromatic heterocycles. The van der Waals surface area contributed by atoms with Crippen LogP contribution in [-0.4, -0.2) is 37.8 Å². The molecule has 0 spiro atoms. The van der Waals surface area contributed by atoms with E-state index in [9.17, 15) is 31.5 Å². The van der Waals surface area contributed by atoms with E-state index in [1.165, 1.54) is 12.1 Å². The number of rotatable bonds is 4. The van der Waals surface area contributed by atoms with Crippen molar-refractivity contribution in [2.75, 3.05) is 6.26 Å². The number of aliphatic hydroxyl groups is 1. The summed E-state index contributed by atoms with van der Waals surface area (Å²) in [6.07, 6.45) is -4.62. The van der Waals surface area contributed by atoms with E-state index in [0.717, 1.165) is 13.2 Å². The Morgan fingerprint density at radius 3 is 2.46 bits per heavy atom. The average Bonchev–Trinajstić information content (AvgIpc) is 2.78. The van der Waals surface area contributed by atoms with Gasteiger partial charge in [0.1, 0.15) is 6.17 Å². The number of sulfone groups is 1. The number of alkyl halides is 3. The van der Waals surface area contributed by atoms with Gasteiger partial charge in [0.15, 0.2) is 15.9 Å². The first-order valence-electron chi connectivity index (χ1n) is 8.13. The Labute approximate surface area is 149 Å². The first-order valence-corrected chi connectivity index (χ1v) is 10.0. The molecule has 2 aliphatic rings. The Hall–Kier alpha value is -1.61. The van der Waals surface area contributed by atoms with Crippen LogP contribution in [-0.2, 0) is 25.8 Å². The standard InChI is InChI=1S/C17H19F3O5S/c1-8(21)25-16-12(18)5-11-10(15(22)9-6-17(19,20)7-9)3-4-13(14(11)16)26(2,23)24/h3-4,9,12,15-16,22H,5-7H2,1-2H3/t12-,15+,16-/m1/s1. The van der Waals surface area contributed by atoms with Crippen LogP contribution in [0.2, 0.25) is 0 Å². The van der Waals surface area contributed by atoms with Gasteiger partial charge in [-0.05, 0) is 17.2 Å². The lowest BCUT2D eigenvalue weighted by atomic mass is 9.74. The Morgan fingerprint density at radius 2 is 1.96 bits per heavy atom. The van der Waals surface area contributed by atoms with E-state index in [-0.39, 0.29) is 28.0 Å². The van der Waals surface area contributed by atoms with Crippen LogP contribution in [0.1, 0.15) is 48.7 Å².